The third kappa shape index (κ3) is 3.28. The van der Waals surface area contributed by atoms with Gasteiger partial charge in [-0.1, -0.05) is 0 Å². The molecular weight excluding hydrogens is 319 g/mol. The van der Waals surface area contributed by atoms with Gasteiger partial charge in [0.1, 0.15) is 6.10 Å². The number of hydrogen-bond acceptors (Lipinski definition) is 4. The highest BCUT2D eigenvalue weighted by molar-refractivity contribution is 14.1. The quantitative estimate of drug-likeness (QED) is 0.779. The van der Waals surface area contributed by atoms with Crippen LogP contribution in [0.15, 0.2) is 12.4 Å². The van der Waals surface area contributed by atoms with Crippen LogP contribution < -0.4 is 4.74 Å². The van der Waals surface area contributed by atoms with E-state index in [1.165, 1.54) is 0 Å². The van der Waals surface area contributed by atoms with Crippen LogP contribution in [0.25, 0.3) is 0 Å². The first kappa shape index (κ1) is 12.0. The summed E-state index contributed by atoms with van der Waals surface area (Å²) in [5, 5.41) is 0. The first-order chi connectivity index (χ1) is 7.63. The summed E-state index contributed by atoms with van der Waals surface area (Å²) in [6, 6.07) is 0.465. The monoisotopic (exact) mass is 334 g/mol. The van der Waals surface area contributed by atoms with Gasteiger partial charge in [-0.3, -0.25) is 0 Å². The molecule has 0 N–H and O–H groups in total. The molecule has 0 amide bonds. The van der Waals surface area contributed by atoms with Crippen molar-refractivity contribution in [3.8, 4) is 6.01 Å². The largest absolute Gasteiger partial charge is 0.460 e. The van der Waals surface area contributed by atoms with E-state index in [1.807, 2.05) is 0 Å². The molecule has 0 aliphatic carbocycles. The predicted molar refractivity (Wildman–Crippen MR) is 68.4 cm³/mol. The molecule has 1 fully saturated rings. The molecule has 1 aliphatic rings. The lowest BCUT2D eigenvalue weighted by Gasteiger charge is -2.31. The van der Waals surface area contributed by atoms with Gasteiger partial charge in [-0.05, 0) is 36.4 Å². The Morgan fingerprint density at radius 1 is 1.25 bits per heavy atom. The van der Waals surface area contributed by atoms with Gasteiger partial charge < -0.3 is 9.47 Å². The van der Waals surface area contributed by atoms with Crippen LogP contribution in [-0.2, 0) is 4.74 Å². The molecule has 88 valence electrons. The first-order valence-electron chi connectivity index (χ1n) is 5.43. The Labute approximate surface area is 109 Å². The molecule has 1 aromatic heterocycles. The van der Waals surface area contributed by atoms with Crippen LogP contribution in [0.5, 0.6) is 6.01 Å². The summed E-state index contributed by atoms with van der Waals surface area (Å²) in [6.07, 6.45) is 5.98. The van der Waals surface area contributed by atoms with Crippen LogP contribution in [0.1, 0.15) is 26.7 Å². The summed E-state index contributed by atoms with van der Waals surface area (Å²) in [5.41, 5.74) is 0. The number of aromatic nitrogens is 2. The van der Waals surface area contributed by atoms with E-state index < -0.39 is 0 Å². The highest BCUT2D eigenvalue weighted by Crippen LogP contribution is 2.22. The van der Waals surface area contributed by atoms with Gasteiger partial charge in [0.05, 0.1) is 12.2 Å². The topological polar surface area (TPSA) is 44.2 Å². The summed E-state index contributed by atoms with van der Waals surface area (Å²) < 4.78 is 12.4. The molecule has 2 rings (SSSR count). The van der Waals surface area contributed by atoms with Gasteiger partial charge in [0.15, 0.2) is 0 Å². The van der Waals surface area contributed by atoms with Crippen molar-refractivity contribution < 1.29 is 9.47 Å². The molecule has 1 aromatic rings. The minimum Gasteiger partial charge on any atom is -0.460 e. The van der Waals surface area contributed by atoms with Crippen molar-refractivity contribution in [2.75, 3.05) is 0 Å². The average Bonchev–Trinajstić information content (AvgIpc) is 2.20. The van der Waals surface area contributed by atoms with Gasteiger partial charge in [-0.25, -0.2) is 9.97 Å². The molecule has 0 spiro atoms. The van der Waals surface area contributed by atoms with Crippen molar-refractivity contribution in [2.45, 2.75) is 45.0 Å². The summed E-state index contributed by atoms with van der Waals surface area (Å²) in [7, 11) is 0. The van der Waals surface area contributed by atoms with Crippen molar-refractivity contribution in [2.24, 2.45) is 0 Å². The second-order valence-electron chi connectivity index (χ2n) is 4.15. The van der Waals surface area contributed by atoms with Crippen LogP contribution in [0.2, 0.25) is 0 Å². The molecule has 0 radical (unpaired) electrons. The number of ether oxygens (including phenoxy) is 2. The highest BCUT2D eigenvalue weighted by atomic mass is 127. The second kappa shape index (κ2) is 5.27. The maximum atomic E-state index is 5.75. The van der Waals surface area contributed by atoms with Crippen LogP contribution in [0.4, 0.5) is 0 Å². The molecule has 1 aliphatic heterocycles. The Bertz CT molecular complexity index is 334. The maximum absolute atomic E-state index is 5.75. The van der Waals surface area contributed by atoms with Gasteiger partial charge in [0.25, 0.3) is 0 Å². The first-order valence-corrected chi connectivity index (χ1v) is 6.51. The standard InChI is InChI=1S/C11H15IN2O2/c1-7-3-10(4-8(2)15-7)16-11-13-5-9(12)6-14-11/h5-8,10H,3-4H2,1-2H3. The number of nitrogens with zero attached hydrogens (tertiary/aromatic N) is 2. The molecule has 0 aromatic carbocycles. The number of rotatable bonds is 2. The molecule has 2 atom stereocenters. The molecule has 0 saturated carbocycles. The van der Waals surface area contributed by atoms with Crippen LogP contribution in [0.3, 0.4) is 0 Å². The van der Waals surface area contributed by atoms with E-state index in [1.54, 1.807) is 12.4 Å². The fraction of sp³-hybridized carbons (Fsp3) is 0.636. The van der Waals surface area contributed by atoms with E-state index in [4.69, 9.17) is 9.47 Å². The van der Waals surface area contributed by atoms with Crippen molar-refractivity contribution in [1.82, 2.24) is 9.97 Å². The second-order valence-corrected chi connectivity index (χ2v) is 5.40. The third-order valence-electron chi connectivity index (χ3n) is 2.52. The van der Waals surface area contributed by atoms with E-state index in [2.05, 4.69) is 46.4 Å². The Balaban J connectivity index is 1.96. The lowest BCUT2D eigenvalue weighted by atomic mass is 10.0. The van der Waals surface area contributed by atoms with Crippen molar-refractivity contribution in [3.63, 3.8) is 0 Å². The summed E-state index contributed by atoms with van der Waals surface area (Å²) in [6.45, 7) is 4.14. The molecule has 2 unspecified atom stereocenters. The smallest absolute Gasteiger partial charge is 0.316 e. The minimum atomic E-state index is 0.166. The number of hydrogen-bond donors (Lipinski definition) is 0. The Kier molecular flexibility index (Phi) is 3.96. The van der Waals surface area contributed by atoms with Gasteiger partial charge in [-0.15, -0.1) is 0 Å². The van der Waals surface area contributed by atoms with Crippen LogP contribution in [-0.4, -0.2) is 28.3 Å². The van der Waals surface area contributed by atoms with Crippen LogP contribution in [0, 0.1) is 3.57 Å². The molecule has 0 bridgehead atoms. The van der Waals surface area contributed by atoms with Gasteiger partial charge >= 0.3 is 6.01 Å². The summed E-state index contributed by atoms with van der Waals surface area (Å²) >= 11 is 2.17. The fourth-order valence-corrected chi connectivity index (χ4v) is 2.23. The van der Waals surface area contributed by atoms with E-state index in [9.17, 15) is 0 Å². The zero-order chi connectivity index (χ0) is 11.5. The molecule has 16 heavy (non-hydrogen) atoms. The van der Waals surface area contributed by atoms with E-state index in [-0.39, 0.29) is 18.3 Å². The Morgan fingerprint density at radius 3 is 2.38 bits per heavy atom. The lowest BCUT2D eigenvalue weighted by Crippen LogP contribution is -2.36. The number of halogens is 1. The van der Waals surface area contributed by atoms with Gasteiger partial charge in [0.2, 0.25) is 0 Å². The highest BCUT2D eigenvalue weighted by Gasteiger charge is 2.26. The summed E-state index contributed by atoms with van der Waals surface area (Å²) in [4.78, 5) is 8.28. The Hall–Kier alpha value is -0.430. The van der Waals surface area contributed by atoms with Crippen molar-refractivity contribution in [1.29, 1.82) is 0 Å². The fourth-order valence-electron chi connectivity index (χ4n) is 1.95. The zero-order valence-electron chi connectivity index (χ0n) is 9.39. The predicted octanol–water partition coefficient (Wildman–Crippen LogP) is 2.42. The maximum Gasteiger partial charge on any atom is 0.316 e. The van der Waals surface area contributed by atoms with E-state index in [0.717, 1.165) is 16.4 Å². The molecule has 2 heterocycles. The third-order valence-corrected chi connectivity index (χ3v) is 3.08. The van der Waals surface area contributed by atoms with Crippen molar-refractivity contribution in [3.05, 3.63) is 16.0 Å². The van der Waals surface area contributed by atoms with E-state index >= 15 is 0 Å². The SMILES string of the molecule is CC1CC(Oc2ncc(I)cn2)CC(C)O1. The zero-order valence-corrected chi connectivity index (χ0v) is 11.5. The summed E-state index contributed by atoms with van der Waals surface area (Å²) in [5.74, 6) is 0. The minimum absolute atomic E-state index is 0.166. The molecule has 1 saturated heterocycles. The van der Waals surface area contributed by atoms with E-state index in [0.29, 0.717) is 6.01 Å². The normalized spacial score (nSPS) is 30.1. The van der Waals surface area contributed by atoms with Gasteiger partial charge in [0, 0.05) is 28.8 Å². The molecular formula is C11H15IN2O2. The Morgan fingerprint density at radius 2 is 1.81 bits per heavy atom. The molecule has 4 nitrogen and oxygen atoms in total. The van der Waals surface area contributed by atoms with Gasteiger partial charge in [-0.2, -0.15) is 0 Å². The molecule has 5 heteroatoms. The lowest BCUT2D eigenvalue weighted by molar-refractivity contribution is -0.0738. The average molecular weight is 334 g/mol. The van der Waals surface area contributed by atoms with Crippen LogP contribution >= 0.6 is 22.6 Å². The van der Waals surface area contributed by atoms with Crippen molar-refractivity contribution >= 4 is 22.6 Å².